The van der Waals surface area contributed by atoms with Gasteiger partial charge in [0, 0.05) is 30.9 Å². The molecular weight excluding hydrogens is 268 g/mol. The average Bonchev–Trinajstić information content (AvgIpc) is 2.99. The van der Waals surface area contributed by atoms with Crippen molar-refractivity contribution in [1.29, 1.82) is 0 Å². The number of rotatable bonds is 5. The Bertz CT molecular complexity index is 474. The third-order valence-electron chi connectivity index (χ3n) is 3.59. The van der Waals surface area contributed by atoms with Crippen LogP contribution in [0.1, 0.15) is 22.6 Å². The van der Waals surface area contributed by atoms with E-state index >= 15 is 0 Å². The van der Waals surface area contributed by atoms with E-state index in [1.54, 1.807) is 11.3 Å². The molecule has 1 atom stereocenters. The lowest BCUT2D eigenvalue weighted by Crippen LogP contribution is -2.26. The summed E-state index contributed by atoms with van der Waals surface area (Å²) in [6.07, 6.45) is 1.88. The summed E-state index contributed by atoms with van der Waals surface area (Å²) in [5, 5.41) is 8.71. The number of hydrogen-bond acceptors (Lipinski definition) is 4. The van der Waals surface area contributed by atoms with E-state index in [-0.39, 0.29) is 6.61 Å². The number of hydrogen-bond donors (Lipinski definition) is 1. The van der Waals surface area contributed by atoms with Gasteiger partial charge in [-0.05, 0) is 45.1 Å². The molecule has 1 aliphatic heterocycles. The summed E-state index contributed by atoms with van der Waals surface area (Å²) in [6.45, 7) is 4.79. The highest BCUT2D eigenvalue weighted by atomic mass is 32.1. The van der Waals surface area contributed by atoms with Crippen LogP contribution < -0.4 is 0 Å². The highest BCUT2D eigenvalue weighted by Gasteiger charge is 2.20. The molecule has 1 unspecified atom stereocenters. The molecule has 1 N–H and O–H groups in total. The third-order valence-corrected chi connectivity index (χ3v) is 4.58. The van der Waals surface area contributed by atoms with Gasteiger partial charge in [0.25, 0.3) is 0 Å². The van der Waals surface area contributed by atoms with Crippen molar-refractivity contribution in [2.24, 2.45) is 5.92 Å². The maximum Gasteiger partial charge on any atom is 0.0771 e. The van der Waals surface area contributed by atoms with Gasteiger partial charge >= 0.3 is 0 Å². The molecule has 0 radical (unpaired) electrons. The van der Waals surface area contributed by atoms with Crippen LogP contribution in [0.5, 0.6) is 0 Å². The fourth-order valence-electron chi connectivity index (χ4n) is 2.68. The van der Waals surface area contributed by atoms with Crippen LogP contribution in [0.3, 0.4) is 0 Å². The zero-order chi connectivity index (χ0) is 14.4. The van der Waals surface area contributed by atoms with E-state index < -0.39 is 0 Å². The van der Waals surface area contributed by atoms with E-state index in [2.05, 4.69) is 47.9 Å². The van der Waals surface area contributed by atoms with Crippen LogP contribution in [0.4, 0.5) is 0 Å². The summed E-state index contributed by atoms with van der Waals surface area (Å²) in [7, 11) is 4.41. The molecule has 1 saturated heterocycles. The number of likely N-dealkylation sites (tertiary alicyclic amines) is 1. The first-order valence-corrected chi connectivity index (χ1v) is 8.04. The zero-order valence-corrected chi connectivity index (χ0v) is 13.2. The van der Waals surface area contributed by atoms with Gasteiger partial charge < -0.3 is 14.9 Å². The zero-order valence-electron chi connectivity index (χ0n) is 12.4. The lowest BCUT2D eigenvalue weighted by atomic mass is 10.1. The molecule has 3 nitrogen and oxygen atoms in total. The maximum absolute atomic E-state index is 8.71. The summed E-state index contributed by atoms with van der Waals surface area (Å²) < 4.78 is 0. The van der Waals surface area contributed by atoms with Crippen LogP contribution in [0.15, 0.2) is 12.1 Å². The average molecular weight is 292 g/mol. The fraction of sp³-hybridized carbons (Fsp3) is 0.625. The van der Waals surface area contributed by atoms with E-state index in [4.69, 9.17) is 5.11 Å². The van der Waals surface area contributed by atoms with Gasteiger partial charge in [-0.1, -0.05) is 11.8 Å². The van der Waals surface area contributed by atoms with E-state index in [0.717, 1.165) is 17.3 Å². The minimum Gasteiger partial charge on any atom is -0.395 e. The first kappa shape index (κ1) is 15.5. The predicted molar refractivity (Wildman–Crippen MR) is 84.8 cm³/mol. The van der Waals surface area contributed by atoms with Gasteiger partial charge in [-0.2, -0.15) is 0 Å². The normalized spacial score (nSPS) is 19.3. The Morgan fingerprint density at radius 3 is 3.05 bits per heavy atom. The van der Waals surface area contributed by atoms with Gasteiger partial charge in [-0.15, -0.1) is 11.3 Å². The van der Waals surface area contributed by atoms with E-state index in [9.17, 15) is 0 Å². The first-order chi connectivity index (χ1) is 9.67. The molecule has 0 bridgehead atoms. The minimum atomic E-state index is 0.143. The molecule has 0 aliphatic carbocycles. The molecule has 0 aromatic carbocycles. The Morgan fingerprint density at radius 1 is 1.50 bits per heavy atom. The molecule has 0 saturated carbocycles. The van der Waals surface area contributed by atoms with Crippen LogP contribution in [0, 0.1) is 17.8 Å². The van der Waals surface area contributed by atoms with Crippen molar-refractivity contribution in [2.45, 2.75) is 19.4 Å². The second-order valence-electron chi connectivity index (χ2n) is 5.66. The molecule has 4 heteroatoms. The number of nitrogens with zero attached hydrogens (tertiary/aromatic N) is 2. The Kier molecular flexibility index (Phi) is 6.06. The van der Waals surface area contributed by atoms with Crippen molar-refractivity contribution < 1.29 is 5.11 Å². The van der Waals surface area contributed by atoms with Crippen molar-refractivity contribution in [3.63, 3.8) is 0 Å². The van der Waals surface area contributed by atoms with Crippen LogP contribution >= 0.6 is 11.3 Å². The quantitative estimate of drug-likeness (QED) is 0.839. The van der Waals surface area contributed by atoms with Crippen molar-refractivity contribution in [2.75, 3.05) is 40.3 Å². The summed E-state index contributed by atoms with van der Waals surface area (Å²) in [5.41, 5.74) is 0. The van der Waals surface area contributed by atoms with E-state index in [1.165, 1.54) is 30.9 Å². The molecule has 2 heterocycles. The molecule has 0 spiro atoms. The largest absolute Gasteiger partial charge is 0.395 e. The Labute approximate surface area is 126 Å². The second kappa shape index (κ2) is 7.80. The predicted octanol–water partition coefficient (Wildman–Crippen LogP) is 1.87. The van der Waals surface area contributed by atoms with Crippen molar-refractivity contribution in [3.8, 4) is 11.8 Å². The second-order valence-corrected chi connectivity index (χ2v) is 6.82. The minimum absolute atomic E-state index is 0.143. The first-order valence-electron chi connectivity index (χ1n) is 7.23. The van der Waals surface area contributed by atoms with E-state index in [0.29, 0.717) is 6.42 Å². The summed E-state index contributed by atoms with van der Waals surface area (Å²) >= 11 is 1.76. The molecule has 2 rings (SSSR count). The van der Waals surface area contributed by atoms with Crippen LogP contribution in [-0.4, -0.2) is 55.2 Å². The summed E-state index contributed by atoms with van der Waals surface area (Å²) in [4.78, 5) is 7.30. The van der Waals surface area contributed by atoms with Crippen LogP contribution in [0.2, 0.25) is 0 Å². The maximum atomic E-state index is 8.71. The van der Waals surface area contributed by atoms with Gasteiger partial charge in [-0.25, -0.2) is 0 Å². The summed E-state index contributed by atoms with van der Waals surface area (Å²) in [6, 6.07) is 4.26. The molecule has 110 valence electrons. The molecule has 20 heavy (non-hydrogen) atoms. The van der Waals surface area contributed by atoms with Crippen LogP contribution in [-0.2, 0) is 6.54 Å². The Morgan fingerprint density at radius 2 is 2.35 bits per heavy atom. The highest BCUT2D eigenvalue weighted by molar-refractivity contribution is 7.12. The standard InChI is InChI=1S/C16H24N2OS/c1-17-9-8-14(11-17)12-18(2)13-16-7-6-15(20-16)5-3-4-10-19/h6-7,14,19H,4,8-13H2,1-2H3. The molecular formula is C16H24N2OS. The number of aliphatic hydroxyl groups is 1. The molecule has 1 aromatic rings. The fourth-order valence-corrected chi connectivity index (χ4v) is 3.65. The number of aliphatic hydroxyl groups excluding tert-OH is 1. The molecule has 1 fully saturated rings. The van der Waals surface area contributed by atoms with Crippen molar-refractivity contribution >= 4 is 11.3 Å². The van der Waals surface area contributed by atoms with Crippen molar-refractivity contribution in [3.05, 3.63) is 21.9 Å². The van der Waals surface area contributed by atoms with Crippen LogP contribution in [0.25, 0.3) is 0 Å². The molecule has 1 aliphatic rings. The van der Waals surface area contributed by atoms with Gasteiger partial charge in [-0.3, -0.25) is 0 Å². The SMILES string of the molecule is CN1CCC(CN(C)Cc2ccc(C#CCCO)s2)C1. The lowest BCUT2D eigenvalue weighted by molar-refractivity contribution is 0.269. The van der Waals surface area contributed by atoms with E-state index in [1.807, 2.05) is 0 Å². The monoisotopic (exact) mass is 292 g/mol. The smallest absolute Gasteiger partial charge is 0.0771 e. The highest BCUT2D eigenvalue weighted by Crippen LogP contribution is 2.19. The Balaban J connectivity index is 1.79. The van der Waals surface area contributed by atoms with Gasteiger partial charge in [0.2, 0.25) is 0 Å². The van der Waals surface area contributed by atoms with Gasteiger partial charge in [0.05, 0.1) is 11.5 Å². The lowest BCUT2D eigenvalue weighted by Gasteiger charge is -2.20. The molecule has 0 amide bonds. The van der Waals surface area contributed by atoms with Crippen molar-refractivity contribution in [1.82, 2.24) is 9.80 Å². The number of thiophene rings is 1. The van der Waals surface area contributed by atoms with Gasteiger partial charge in [0.1, 0.15) is 0 Å². The summed E-state index contributed by atoms with van der Waals surface area (Å²) in [5.74, 6) is 6.89. The third kappa shape index (κ3) is 4.92. The molecule has 1 aromatic heterocycles. The van der Waals surface area contributed by atoms with Gasteiger partial charge in [0.15, 0.2) is 0 Å². The topological polar surface area (TPSA) is 26.7 Å². The Hall–Kier alpha value is -0.860.